The summed E-state index contributed by atoms with van der Waals surface area (Å²) in [7, 11) is 0. The van der Waals surface area contributed by atoms with Gasteiger partial charge in [0.05, 0.1) is 0 Å². The van der Waals surface area contributed by atoms with Crippen LogP contribution in [0, 0.1) is 0 Å². The van der Waals surface area contributed by atoms with Crippen molar-refractivity contribution < 1.29 is 29.7 Å². The van der Waals surface area contributed by atoms with Crippen LogP contribution in [0.25, 0.3) is 0 Å². The molecule has 1 heterocycles. The van der Waals surface area contributed by atoms with Crippen molar-refractivity contribution in [2.24, 2.45) is 0 Å². The molecule has 0 saturated heterocycles. The summed E-state index contributed by atoms with van der Waals surface area (Å²) in [6.07, 6.45) is 0. The highest BCUT2D eigenvalue weighted by Gasteiger charge is 2.39. The van der Waals surface area contributed by atoms with Crippen molar-refractivity contribution in [2.45, 2.75) is 157 Å². The maximum absolute atomic E-state index is 15.1. The normalized spacial score (nSPS) is 13.1. The van der Waals surface area contributed by atoms with Crippen molar-refractivity contribution in [3.8, 4) is 17.2 Å². The van der Waals surface area contributed by atoms with Gasteiger partial charge in [-0.1, -0.05) is 125 Å². The monoisotopic (exact) mass is 825 g/mol. The Bertz CT molecular complexity index is 2310. The van der Waals surface area contributed by atoms with Gasteiger partial charge >= 0.3 is 17.1 Å². The van der Waals surface area contributed by atoms with Crippen LogP contribution in [0.2, 0.25) is 0 Å². The summed E-state index contributed by atoms with van der Waals surface area (Å²) in [6.45, 7) is 32.6. The summed E-state index contributed by atoms with van der Waals surface area (Å²) in [5.74, 6) is -4.10. The maximum Gasteiger partial charge on any atom is 0.350 e. The highest BCUT2D eigenvalue weighted by molar-refractivity contribution is 6.02. The average Bonchev–Trinajstić information content (AvgIpc) is 3.04. The zero-order valence-electron chi connectivity index (χ0n) is 38.6. The lowest BCUT2D eigenvalue weighted by Crippen LogP contribution is -2.60. The highest BCUT2D eigenvalue weighted by atomic mass is 16.3. The second-order valence-corrected chi connectivity index (χ2v) is 21.9. The molecule has 0 saturated carbocycles. The molecule has 0 bridgehead atoms. The number of benzene rings is 3. The van der Waals surface area contributed by atoms with Gasteiger partial charge in [-0.2, -0.15) is 13.7 Å². The third-order valence-corrected chi connectivity index (χ3v) is 10.5. The van der Waals surface area contributed by atoms with E-state index >= 15 is 14.4 Å². The topological polar surface area (TPSA) is 178 Å². The average molecular weight is 826 g/mol. The van der Waals surface area contributed by atoms with E-state index in [0.29, 0.717) is 33.4 Å². The molecule has 60 heavy (non-hydrogen) atoms. The first-order chi connectivity index (χ1) is 26.9. The number of hydrogen-bond donors (Lipinski definition) is 3. The smallest absolute Gasteiger partial charge is 0.350 e. The zero-order chi connectivity index (χ0) is 46.4. The summed E-state index contributed by atoms with van der Waals surface area (Å²) in [6, 6.07) is 7.63. The predicted octanol–water partition coefficient (Wildman–Crippen LogP) is 8.14. The molecule has 0 radical (unpaired) electrons. The number of carbonyl (C=O) groups is 3. The molecular weight excluding hydrogens is 763 g/mol. The SMILES string of the molecule is CC(C)(C)c1c(O)ccc(C(=O)n2c(=O)n(C(=O)c3ccc(O)c(C(C)(C)C)c3C(C)(C)C)c(=O)n(C(=O)c3ccc(O)c(C(C)(C)C)c3C(C)(C)C)c2=O)c1C(C)(C)C. The second-order valence-electron chi connectivity index (χ2n) is 21.9. The number of rotatable bonds is 3. The molecule has 0 spiro atoms. The highest BCUT2D eigenvalue weighted by Crippen LogP contribution is 2.44. The quantitative estimate of drug-likeness (QED) is 0.184. The van der Waals surface area contributed by atoms with Crippen molar-refractivity contribution in [3.63, 3.8) is 0 Å². The molecule has 0 atom stereocenters. The van der Waals surface area contributed by atoms with E-state index < -0.39 is 67.3 Å². The van der Waals surface area contributed by atoms with E-state index in [-0.39, 0.29) is 47.6 Å². The van der Waals surface area contributed by atoms with Crippen LogP contribution >= 0.6 is 0 Å². The number of aromatic hydroxyl groups is 3. The van der Waals surface area contributed by atoms with Crippen LogP contribution in [0.15, 0.2) is 50.8 Å². The van der Waals surface area contributed by atoms with E-state index in [0.717, 1.165) is 0 Å². The molecule has 0 aliphatic rings. The van der Waals surface area contributed by atoms with Crippen molar-refractivity contribution >= 4 is 17.7 Å². The number of aromatic nitrogens is 3. The van der Waals surface area contributed by atoms with Gasteiger partial charge in [0.25, 0.3) is 17.7 Å². The van der Waals surface area contributed by atoms with Gasteiger partial charge in [-0.05, 0) is 85.6 Å². The Morgan fingerprint density at radius 1 is 0.333 bits per heavy atom. The van der Waals surface area contributed by atoms with Gasteiger partial charge < -0.3 is 15.3 Å². The van der Waals surface area contributed by atoms with Crippen LogP contribution in [0.3, 0.4) is 0 Å². The fourth-order valence-corrected chi connectivity index (χ4v) is 8.35. The molecule has 4 rings (SSSR count). The zero-order valence-corrected chi connectivity index (χ0v) is 38.6. The lowest BCUT2D eigenvalue weighted by Gasteiger charge is -2.33. The van der Waals surface area contributed by atoms with Gasteiger partial charge in [0, 0.05) is 33.4 Å². The minimum atomic E-state index is -1.61. The van der Waals surface area contributed by atoms with Gasteiger partial charge in [0.2, 0.25) is 0 Å². The third-order valence-electron chi connectivity index (χ3n) is 10.5. The number of phenols is 3. The second kappa shape index (κ2) is 14.9. The van der Waals surface area contributed by atoms with Crippen LogP contribution in [-0.2, 0) is 32.5 Å². The molecule has 0 aliphatic carbocycles. The number of phenolic OH excluding ortho intramolecular Hbond substituents is 3. The molecular formula is C48H63N3O9. The standard InChI is InChI=1S/C48H63N3O9/c1-43(2,3)31-25(19-22-28(52)34(31)46(10,11)12)37(55)49-40(58)50(38(56)26-20-23-29(53)35(47(13,14)15)32(26)44(4,5)6)42(60)51(41(49)59)39(57)27-21-24-30(54)36(48(16,17)18)33(27)45(7,8)9/h19-24,52-54H,1-18H3. The third kappa shape index (κ3) is 8.30. The predicted molar refractivity (Wildman–Crippen MR) is 235 cm³/mol. The first kappa shape index (κ1) is 47.2. The van der Waals surface area contributed by atoms with Gasteiger partial charge in [-0.15, -0.1) is 0 Å². The van der Waals surface area contributed by atoms with E-state index in [1.54, 1.807) is 62.3 Å². The molecule has 0 aliphatic heterocycles. The Morgan fingerprint density at radius 2 is 0.500 bits per heavy atom. The van der Waals surface area contributed by atoms with Crippen LogP contribution < -0.4 is 17.1 Å². The fourth-order valence-electron chi connectivity index (χ4n) is 8.35. The Hall–Kier alpha value is -5.52. The van der Waals surface area contributed by atoms with E-state index in [9.17, 15) is 29.7 Å². The van der Waals surface area contributed by atoms with Gasteiger partial charge in [-0.25, -0.2) is 14.4 Å². The fraction of sp³-hybridized carbons (Fsp3) is 0.500. The largest absolute Gasteiger partial charge is 0.508 e. The first-order valence-electron chi connectivity index (χ1n) is 20.1. The molecule has 12 heteroatoms. The molecule has 0 fully saturated rings. The number of carbonyl (C=O) groups excluding carboxylic acids is 3. The van der Waals surface area contributed by atoms with Crippen LogP contribution in [0.1, 0.15) is 189 Å². The minimum Gasteiger partial charge on any atom is -0.508 e. The van der Waals surface area contributed by atoms with E-state index in [2.05, 4.69) is 0 Å². The van der Waals surface area contributed by atoms with Crippen LogP contribution in [-0.4, -0.2) is 46.7 Å². The van der Waals surface area contributed by atoms with Gasteiger partial charge in [0.1, 0.15) is 17.2 Å². The van der Waals surface area contributed by atoms with Crippen molar-refractivity contribution in [2.75, 3.05) is 0 Å². The summed E-state index contributed by atoms with van der Waals surface area (Å²) in [5, 5.41) is 33.5. The van der Waals surface area contributed by atoms with Crippen molar-refractivity contribution in [1.82, 2.24) is 13.7 Å². The molecule has 0 unspecified atom stereocenters. The van der Waals surface area contributed by atoms with Crippen molar-refractivity contribution in [1.29, 1.82) is 0 Å². The molecule has 3 aromatic carbocycles. The summed E-state index contributed by atoms with van der Waals surface area (Å²) < 4.78 is 0.360. The van der Waals surface area contributed by atoms with Crippen molar-refractivity contribution in [3.05, 3.63) is 118 Å². The molecule has 324 valence electrons. The van der Waals surface area contributed by atoms with Crippen LogP contribution in [0.4, 0.5) is 0 Å². The Labute approximate surface area is 352 Å². The van der Waals surface area contributed by atoms with E-state index in [1.807, 2.05) is 62.3 Å². The lowest BCUT2D eigenvalue weighted by atomic mass is 9.72. The van der Waals surface area contributed by atoms with Gasteiger partial charge in [-0.3, -0.25) is 14.4 Å². The Morgan fingerprint density at radius 3 is 0.650 bits per heavy atom. The van der Waals surface area contributed by atoms with Gasteiger partial charge in [0.15, 0.2) is 0 Å². The molecule has 1 aromatic heterocycles. The van der Waals surface area contributed by atoms with Crippen LogP contribution in [0.5, 0.6) is 17.2 Å². The molecule has 3 N–H and O–H groups in total. The number of nitrogens with zero attached hydrogens (tertiary/aromatic N) is 3. The molecule has 4 aromatic rings. The Kier molecular flexibility index (Phi) is 11.7. The number of hydrogen-bond acceptors (Lipinski definition) is 9. The summed E-state index contributed by atoms with van der Waals surface area (Å²) in [5.41, 5.74) is -8.20. The summed E-state index contributed by atoms with van der Waals surface area (Å²) in [4.78, 5) is 89.7. The van der Waals surface area contributed by atoms with E-state index in [4.69, 9.17) is 0 Å². The molecule has 12 nitrogen and oxygen atoms in total. The first-order valence-corrected chi connectivity index (χ1v) is 20.1. The lowest BCUT2D eigenvalue weighted by molar-refractivity contribution is 0.0895. The Balaban J connectivity index is 2.34. The van der Waals surface area contributed by atoms with E-state index in [1.165, 1.54) is 36.4 Å². The maximum atomic E-state index is 15.1. The summed E-state index contributed by atoms with van der Waals surface area (Å²) >= 11 is 0. The minimum absolute atomic E-state index is 0.120. The molecule has 0 amide bonds.